The zero-order valence-electron chi connectivity index (χ0n) is 11.8. The third-order valence-corrected chi connectivity index (χ3v) is 4.89. The second-order valence-electron chi connectivity index (χ2n) is 5.37. The third-order valence-electron chi connectivity index (χ3n) is 4.04. The van der Waals surface area contributed by atoms with Crippen LogP contribution in [0.4, 0.5) is 0 Å². The number of fused-ring (bicyclic) bond motifs is 3. The van der Waals surface area contributed by atoms with E-state index in [0.29, 0.717) is 24.0 Å². The van der Waals surface area contributed by atoms with Crippen molar-refractivity contribution in [3.8, 4) is 0 Å². The number of hydrogen-bond donors (Lipinski definition) is 1. The van der Waals surface area contributed by atoms with Crippen LogP contribution in [-0.2, 0) is 23.6 Å². The summed E-state index contributed by atoms with van der Waals surface area (Å²) < 4.78 is 33.6. The van der Waals surface area contributed by atoms with Crippen LogP contribution in [0.15, 0.2) is 23.1 Å². The zero-order valence-corrected chi connectivity index (χ0v) is 12.6. The van der Waals surface area contributed by atoms with Crippen molar-refractivity contribution in [3.63, 3.8) is 0 Å². The Labute approximate surface area is 122 Å². The molecule has 2 heterocycles. The molecule has 1 aliphatic heterocycles. The standard InChI is InChI=1S/C14H16N2O4S/c1-15-7-3-4-10-11-8-9(21(18,19)20)5-6-12(11)16(2)13(10)14(15)17/h5-6,8H,3-4,7H2,1-2H3,(H,18,19,20). The van der Waals surface area contributed by atoms with Gasteiger partial charge in [-0.05, 0) is 36.6 Å². The summed E-state index contributed by atoms with van der Waals surface area (Å²) >= 11 is 0. The lowest BCUT2D eigenvalue weighted by molar-refractivity contribution is 0.0791. The van der Waals surface area contributed by atoms with Crippen molar-refractivity contribution in [2.75, 3.05) is 13.6 Å². The zero-order chi connectivity index (χ0) is 15.4. The first-order valence-electron chi connectivity index (χ1n) is 6.65. The molecule has 112 valence electrons. The first kappa shape index (κ1) is 14.1. The fraction of sp³-hybridized carbons (Fsp3) is 0.357. The van der Waals surface area contributed by atoms with Gasteiger partial charge in [-0.15, -0.1) is 0 Å². The van der Waals surface area contributed by atoms with Gasteiger partial charge in [-0.3, -0.25) is 9.35 Å². The van der Waals surface area contributed by atoms with E-state index in [1.165, 1.54) is 12.1 Å². The summed E-state index contributed by atoms with van der Waals surface area (Å²) in [6.07, 6.45) is 1.53. The molecular weight excluding hydrogens is 292 g/mol. The normalized spacial score (nSPS) is 16.1. The van der Waals surface area contributed by atoms with Crippen LogP contribution in [0.25, 0.3) is 10.9 Å². The van der Waals surface area contributed by atoms with Crippen molar-refractivity contribution in [1.82, 2.24) is 9.47 Å². The SMILES string of the molecule is CN1CCCc2c(n(C)c3ccc(S(=O)(=O)O)cc23)C1=O. The fourth-order valence-electron chi connectivity index (χ4n) is 2.96. The van der Waals surface area contributed by atoms with E-state index in [4.69, 9.17) is 0 Å². The second-order valence-corrected chi connectivity index (χ2v) is 6.79. The second kappa shape index (κ2) is 4.57. The molecule has 0 spiro atoms. The van der Waals surface area contributed by atoms with Gasteiger partial charge in [0.25, 0.3) is 16.0 Å². The lowest BCUT2D eigenvalue weighted by Crippen LogP contribution is -2.27. The highest BCUT2D eigenvalue weighted by Crippen LogP contribution is 2.31. The lowest BCUT2D eigenvalue weighted by Gasteiger charge is -2.14. The maximum Gasteiger partial charge on any atom is 0.294 e. The maximum absolute atomic E-state index is 12.4. The number of nitrogens with zero attached hydrogens (tertiary/aromatic N) is 2. The minimum atomic E-state index is -4.25. The lowest BCUT2D eigenvalue weighted by atomic mass is 10.1. The number of hydrogen-bond acceptors (Lipinski definition) is 3. The number of aromatic nitrogens is 1. The van der Waals surface area contributed by atoms with Gasteiger partial charge >= 0.3 is 0 Å². The minimum absolute atomic E-state index is 0.0606. The Morgan fingerprint density at radius 1 is 1.24 bits per heavy atom. The molecule has 0 bridgehead atoms. The molecule has 1 amide bonds. The summed E-state index contributed by atoms with van der Waals surface area (Å²) in [6.45, 7) is 0.674. The largest absolute Gasteiger partial charge is 0.340 e. The molecule has 0 aliphatic carbocycles. The molecule has 2 aromatic rings. The van der Waals surface area contributed by atoms with Crippen molar-refractivity contribution in [1.29, 1.82) is 0 Å². The monoisotopic (exact) mass is 308 g/mol. The predicted molar refractivity (Wildman–Crippen MR) is 78.0 cm³/mol. The highest BCUT2D eigenvalue weighted by Gasteiger charge is 2.26. The molecule has 1 N–H and O–H groups in total. The summed E-state index contributed by atoms with van der Waals surface area (Å²) in [4.78, 5) is 14.0. The van der Waals surface area contributed by atoms with Gasteiger partial charge in [-0.25, -0.2) is 0 Å². The molecule has 1 aromatic heterocycles. The summed E-state index contributed by atoms with van der Waals surface area (Å²) in [5, 5.41) is 0.714. The van der Waals surface area contributed by atoms with Crippen molar-refractivity contribution in [3.05, 3.63) is 29.5 Å². The first-order chi connectivity index (χ1) is 9.80. The average Bonchev–Trinajstić information content (AvgIpc) is 2.60. The van der Waals surface area contributed by atoms with Crippen molar-refractivity contribution >= 4 is 26.9 Å². The highest BCUT2D eigenvalue weighted by atomic mass is 32.2. The number of carbonyl (C=O) groups excluding carboxylic acids is 1. The van der Waals surface area contributed by atoms with Crippen LogP contribution in [0.5, 0.6) is 0 Å². The van der Waals surface area contributed by atoms with E-state index in [-0.39, 0.29) is 10.8 Å². The molecule has 6 nitrogen and oxygen atoms in total. The van der Waals surface area contributed by atoms with Crippen molar-refractivity contribution < 1.29 is 17.8 Å². The van der Waals surface area contributed by atoms with E-state index in [1.807, 2.05) is 0 Å². The van der Waals surface area contributed by atoms with E-state index >= 15 is 0 Å². The molecule has 0 fully saturated rings. The van der Waals surface area contributed by atoms with Gasteiger partial charge in [-0.2, -0.15) is 8.42 Å². The van der Waals surface area contributed by atoms with Crippen LogP contribution >= 0.6 is 0 Å². The Bertz CT molecular complexity index is 851. The molecule has 0 atom stereocenters. The summed E-state index contributed by atoms with van der Waals surface area (Å²) in [5.41, 5.74) is 2.24. The molecule has 0 saturated carbocycles. The van der Waals surface area contributed by atoms with E-state index < -0.39 is 10.1 Å². The number of amides is 1. The molecule has 0 saturated heterocycles. The number of aryl methyl sites for hydroxylation is 2. The third kappa shape index (κ3) is 2.13. The number of rotatable bonds is 1. The van der Waals surface area contributed by atoms with E-state index in [1.54, 1.807) is 29.6 Å². The first-order valence-corrected chi connectivity index (χ1v) is 8.09. The van der Waals surface area contributed by atoms with Crippen molar-refractivity contribution in [2.45, 2.75) is 17.7 Å². The molecule has 0 radical (unpaired) electrons. The predicted octanol–water partition coefficient (Wildman–Crippen LogP) is 1.44. The van der Waals surface area contributed by atoms with Crippen LogP contribution in [0, 0.1) is 0 Å². The molecule has 3 rings (SSSR count). The van der Waals surface area contributed by atoms with Gasteiger partial charge in [0.2, 0.25) is 0 Å². The molecule has 1 aliphatic rings. The van der Waals surface area contributed by atoms with Crippen LogP contribution in [0.2, 0.25) is 0 Å². The van der Waals surface area contributed by atoms with Gasteiger partial charge in [0.15, 0.2) is 0 Å². The fourth-order valence-corrected chi connectivity index (χ4v) is 3.47. The Hall–Kier alpha value is -1.86. The quantitative estimate of drug-likeness (QED) is 0.809. The van der Waals surface area contributed by atoms with Gasteiger partial charge in [0, 0.05) is 31.5 Å². The van der Waals surface area contributed by atoms with Gasteiger partial charge in [-0.1, -0.05) is 0 Å². The van der Waals surface area contributed by atoms with Gasteiger partial charge < -0.3 is 9.47 Å². The summed E-state index contributed by atoms with van der Waals surface area (Å²) in [6, 6.07) is 4.42. The molecule has 0 unspecified atom stereocenters. The van der Waals surface area contributed by atoms with Crippen LogP contribution in [0.3, 0.4) is 0 Å². The Morgan fingerprint density at radius 2 is 1.95 bits per heavy atom. The number of benzene rings is 1. The van der Waals surface area contributed by atoms with Crippen LogP contribution < -0.4 is 0 Å². The van der Waals surface area contributed by atoms with Crippen LogP contribution in [0.1, 0.15) is 22.5 Å². The average molecular weight is 308 g/mol. The smallest absolute Gasteiger partial charge is 0.294 e. The Morgan fingerprint density at radius 3 is 2.62 bits per heavy atom. The minimum Gasteiger partial charge on any atom is -0.340 e. The Balaban J connectivity index is 2.35. The maximum atomic E-state index is 12.4. The van der Waals surface area contributed by atoms with Crippen LogP contribution in [-0.4, -0.2) is 41.9 Å². The molecule has 21 heavy (non-hydrogen) atoms. The summed E-state index contributed by atoms with van der Waals surface area (Å²) in [5.74, 6) is -0.0606. The molecule has 1 aromatic carbocycles. The number of carbonyl (C=O) groups is 1. The topological polar surface area (TPSA) is 79.6 Å². The van der Waals surface area contributed by atoms with Gasteiger partial charge in [0.1, 0.15) is 5.69 Å². The van der Waals surface area contributed by atoms with Gasteiger partial charge in [0.05, 0.1) is 4.90 Å². The van der Waals surface area contributed by atoms with Crippen molar-refractivity contribution in [2.24, 2.45) is 7.05 Å². The molecule has 7 heteroatoms. The summed E-state index contributed by atoms with van der Waals surface area (Å²) in [7, 11) is -0.690. The Kier molecular flexibility index (Phi) is 3.07. The molecular formula is C14H16N2O4S. The highest BCUT2D eigenvalue weighted by molar-refractivity contribution is 7.85. The van der Waals surface area contributed by atoms with E-state index in [2.05, 4.69) is 0 Å². The van der Waals surface area contributed by atoms with E-state index in [9.17, 15) is 17.8 Å². The van der Waals surface area contributed by atoms with E-state index in [0.717, 1.165) is 17.5 Å².